The molecule has 2 heterocycles. The molecule has 0 radical (unpaired) electrons. The van der Waals surface area contributed by atoms with Gasteiger partial charge in [-0.25, -0.2) is 0 Å². The van der Waals surface area contributed by atoms with Crippen molar-refractivity contribution < 1.29 is 8.42 Å². The highest BCUT2D eigenvalue weighted by atomic mass is 32.2. The van der Waals surface area contributed by atoms with Gasteiger partial charge in [-0.2, -0.15) is 17.0 Å². The summed E-state index contributed by atoms with van der Waals surface area (Å²) in [5, 5.41) is 0. The van der Waals surface area contributed by atoms with Gasteiger partial charge in [-0.1, -0.05) is 13.8 Å². The Bertz CT molecular complexity index is 375. The molecule has 2 saturated heterocycles. The highest BCUT2D eigenvalue weighted by Crippen LogP contribution is 2.28. The molecule has 2 N–H and O–H groups in total. The van der Waals surface area contributed by atoms with E-state index in [1.165, 1.54) is 0 Å². The van der Waals surface area contributed by atoms with E-state index in [-0.39, 0.29) is 6.04 Å². The van der Waals surface area contributed by atoms with E-state index in [1.54, 1.807) is 8.61 Å². The maximum atomic E-state index is 12.6. The van der Waals surface area contributed by atoms with Gasteiger partial charge in [0.15, 0.2) is 0 Å². The van der Waals surface area contributed by atoms with Crippen LogP contribution >= 0.6 is 0 Å². The molecule has 18 heavy (non-hydrogen) atoms. The quantitative estimate of drug-likeness (QED) is 0.821. The predicted molar refractivity (Wildman–Crippen MR) is 72.2 cm³/mol. The highest BCUT2D eigenvalue weighted by molar-refractivity contribution is 7.86. The van der Waals surface area contributed by atoms with Crippen molar-refractivity contribution in [2.75, 3.05) is 26.2 Å². The Kier molecular flexibility index (Phi) is 4.31. The lowest BCUT2D eigenvalue weighted by Crippen LogP contribution is -2.52. The van der Waals surface area contributed by atoms with Crippen LogP contribution in [0, 0.1) is 11.8 Å². The van der Waals surface area contributed by atoms with Crippen molar-refractivity contribution in [3.63, 3.8) is 0 Å². The van der Waals surface area contributed by atoms with Gasteiger partial charge in [-0.05, 0) is 31.1 Å². The van der Waals surface area contributed by atoms with Gasteiger partial charge in [0.25, 0.3) is 10.2 Å². The van der Waals surface area contributed by atoms with Gasteiger partial charge in [0.2, 0.25) is 0 Å². The van der Waals surface area contributed by atoms with Crippen LogP contribution in [0.1, 0.15) is 33.1 Å². The molecule has 6 heteroatoms. The topological polar surface area (TPSA) is 66.6 Å². The van der Waals surface area contributed by atoms with Crippen molar-refractivity contribution in [2.24, 2.45) is 17.6 Å². The number of nitrogens with zero attached hydrogens (tertiary/aromatic N) is 2. The molecule has 106 valence electrons. The molecule has 0 aromatic carbocycles. The second kappa shape index (κ2) is 5.45. The molecule has 2 aliphatic rings. The summed E-state index contributed by atoms with van der Waals surface area (Å²) >= 11 is 0. The molecule has 2 fully saturated rings. The van der Waals surface area contributed by atoms with Crippen molar-refractivity contribution in [1.82, 2.24) is 8.61 Å². The normalized spacial score (nSPS) is 36.1. The molecule has 0 amide bonds. The van der Waals surface area contributed by atoms with Gasteiger partial charge in [0.1, 0.15) is 0 Å². The smallest absolute Gasteiger partial charge is 0.282 e. The molecular weight excluding hydrogens is 250 g/mol. The van der Waals surface area contributed by atoms with Gasteiger partial charge in [0, 0.05) is 32.2 Å². The first-order valence-corrected chi connectivity index (χ1v) is 8.31. The minimum absolute atomic E-state index is 0.00235. The number of hydrogen-bond acceptors (Lipinski definition) is 3. The van der Waals surface area contributed by atoms with Crippen LogP contribution in [0.3, 0.4) is 0 Å². The van der Waals surface area contributed by atoms with E-state index < -0.39 is 10.2 Å². The average molecular weight is 275 g/mol. The van der Waals surface area contributed by atoms with Crippen LogP contribution in [0.4, 0.5) is 0 Å². The molecule has 2 rings (SSSR count). The molecular formula is C12H25N3O2S. The van der Waals surface area contributed by atoms with E-state index in [9.17, 15) is 8.42 Å². The fourth-order valence-corrected chi connectivity index (χ4v) is 5.40. The molecule has 0 saturated carbocycles. The largest absolute Gasteiger partial charge is 0.329 e. The zero-order valence-corrected chi connectivity index (χ0v) is 12.2. The summed E-state index contributed by atoms with van der Waals surface area (Å²) in [5.74, 6) is 0.893. The van der Waals surface area contributed by atoms with Crippen molar-refractivity contribution in [3.05, 3.63) is 0 Å². The Morgan fingerprint density at radius 2 is 1.83 bits per heavy atom. The Morgan fingerprint density at radius 3 is 2.39 bits per heavy atom. The molecule has 3 atom stereocenters. The monoisotopic (exact) mass is 275 g/mol. The van der Waals surface area contributed by atoms with Crippen molar-refractivity contribution >= 4 is 10.2 Å². The van der Waals surface area contributed by atoms with E-state index in [1.807, 2.05) is 0 Å². The van der Waals surface area contributed by atoms with Gasteiger partial charge in [0.05, 0.1) is 0 Å². The predicted octanol–water partition coefficient (Wildman–Crippen LogP) is 0.632. The first-order valence-electron chi connectivity index (χ1n) is 6.92. The molecule has 0 aliphatic carbocycles. The van der Waals surface area contributed by atoms with Gasteiger partial charge >= 0.3 is 0 Å². The van der Waals surface area contributed by atoms with Crippen molar-refractivity contribution in [1.29, 1.82) is 0 Å². The first-order chi connectivity index (χ1) is 8.45. The highest BCUT2D eigenvalue weighted by Gasteiger charge is 2.39. The summed E-state index contributed by atoms with van der Waals surface area (Å²) in [6.45, 7) is 6.62. The summed E-state index contributed by atoms with van der Waals surface area (Å²) < 4.78 is 28.6. The number of hydrogen-bond donors (Lipinski definition) is 1. The summed E-state index contributed by atoms with van der Waals surface area (Å²) in [6, 6.07) is 0.00235. The van der Waals surface area contributed by atoms with Crippen LogP contribution in [0.25, 0.3) is 0 Å². The lowest BCUT2D eigenvalue weighted by Gasteiger charge is -2.37. The molecule has 0 bridgehead atoms. The van der Waals surface area contributed by atoms with Gasteiger partial charge in [-0.15, -0.1) is 0 Å². The van der Waals surface area contributed by atoms with Crippen LogP contribution in [0.15, 0.2) is 0 Å². The SMILES string of the molecule is CC1CC(C)CN(S(=O)(=O)N2CCCC2CN)C1. The molecule has 0 aromatic heterocycles. The number of rotatable bonds is 3. The summed E-state index contributed by atoms with van der Waals surface area (Å²) in [6.07, 6.45) is 2.95. The van der Waals surface area contributed by atoms with Crippen LogP contribution in [0.5, 0.6) is 0 Å². The number of piperidine rings is 1. The third kappa shape index (κ3) is 2.71. The van der Waals surface area contributed by atoms with Crippen LogP contribution < -0.4 is 5.73 Å². The van der Waals surface area contributed by atoms with Gasteiger partial charge < -0.3 is 5.73 Å². The molecule has 5 nitrogen and oxygen atoms in total. The Balaban J connectivity index is 2.15. The van der Waals surface area contributed by atoms with Crippen LogP contribution in [0.2, 0.25) is 0 Å². The zero-order valence-electron chi connectivity index (χ0n) is 11.4. The molecule has 3 unspecified atom stereocenters. The zero-order chi connectivity index (χ0) is 13.3. The average Bonchev–Trinajstić information content (AvgIpc) is 2.76. The van der Waals surface area contributed by atoms with Crippen molar-refractivity contribution in [2.45, 2.75) is 39.2 Å². The van der Waals surface area contributed by atoms with E-state index in [0.717, 1.165) is 19.3 Å². The Morgan fingerprint density at radius 1 is 1.22 bits per heavy atom. The van der Waals surface area contributed by atoms with Crippen molar-refractivity contribution in [3.8, 4) is 0 Å². The van der Waals surface area contributed by atoms with E-state index in [4.69, 9.17) is 5.73 Å². The molecule has 2 aliphatic heterocycles. The second-order valence-electron chi connectivity index (χ2n) is 5.91. The first kappa shape index (κ1) is 14.2. The number of nitrogens with two attached hydrogens (primary N) is 1. The maximum Gasteiger partial charge on any atom is 0.282 e. The second-order valence-corrected chi connectivity index (χ2v) is 7.79. The lowest BCUT2D eigenvalue weighted by molar-refractivity contribution is 0.207. The minimum Gasteiger partial charge on any atom is -0.329 e. The maximum absolute atomic E-state index is 12.6. The molecule has 0 spiro atoms. The fourth-order valence-electron chi connectivity index (χ4n) is 3.29. The summed E-state index contributed by atoms with van der Waals surface area (Å²) in [5.41, 5.74) is 5.68. The Hall–Kier alpha value is -0.170. The van der Waals surface area contributed by atoms with E-state index in [2.05, 4.69) is 13.8 Å². The van der Waals surface area contributed by atoms with Crippen LogP contribution in [-0.2, 0) is 10.2 Å². The third-order valence-electron chi connectivity index (χ3n) is 4.05. The standard InChI is InChI=1S/C12H25N3O2S/c1-10-6-11(2)9-14(8-10)18(16,17)15-5-3-4-12(15)7-13/h10-12H,3-9,13H2,1-2H3. The van der Waals surface area contributed by atoms with Crippen LogP contribution in [-0.4, -0.2) is 49.2 Å². The minimum atomic E-state index is -3.30. The van der Waals surface area contributed by atoms with Gasteiger partial charge in [-0.3, -0.25) is 0 Å². The van der Waals surface area contributed by atoms with E-state index >= 15 is 0 Å². The third-order valence-corrected chi connectivity index (χ3v) is 6.08. The summed E-state index contributed by atoms with van der Waals surface area (Å²) in [7, 11) is -3.30. The lowest BCUT2D eigenvalue weighted by atomic mass is 9.94. The fraction of sp³-hybridized carbons (Fsp3) is 1.00. The van der Waals surface area contributed by atoms with E-state index in [0.29, 0.717) is 38.0 Å². The molecule has 0 aromatic rings. The summed E-state index contributed by atoms with van der Waals surface area (Å²) in [4.78, 5) is 0. The Labute approximate surface area is 110 Å².